The van der Waals surface area contributed by atoms with E-state index in [2.05, 4.69) is 31.3 Å². The molecule has 0 fully saturated rings. The van der Waals surface area contributed by atoms with E-state index in [9.17, 15) is 15.0 Å². The van der Waals surface area contributed by atoms with Gasteiger partial charge in [0.05, 0.1) is 18.8 Å². The van der Waals surface area contributed by atoms with Crippen LogP contribution in [0.5, 0.6) is 0 Å². The summed E-state index contributed by atoms with van der Waals surface area (Å²) in [5.41, 5.74) is 0. The highest BCUT2D eigenvalue weighted by atomic mass is 16.3. The first-order chi connectivity index (χ1) is 21.7. The fraction of sp³-hybridized carbons (Fsp3) is 0.875. The quantitative estimate of drug-likeness (QED) is 0.0488. The van der Waals surface area contributed by atoms with Gasteiger partial charge < -0.3 is 15.5 Å². The third-order valence-corrected chi connectivity index (χ3v) is 8.93. The maximum Gasteiger partial charge on any atom is 0.220 e. The highest BCUT2D eigenvalue weighted by Crippen LogP contribution is 2.14. The van der Waals surface area contributed by atoms with Gasteiger partial charge in [-0.05, 0) is 44.9 Å². The lowest BCUT2D eigenvalue weighted by atomic mass is 10.0. The molecule has 3 N–H and O–H groups in total. The SMILES string of the molecule is CCCCCCCCC=CCCCCCCCCCCCC(=O)N[C@@H](CO)[C@H](O)C=CCCCCCCCCCCCCC. The summed E-state index contributed by atoms with van der Waals surface area (Å²) in [7, 11) is 0. The average molecular weight is 620 g/mol. The number of carbonyl (C=O) groups excluding carboxylic acids is 1. The molecule has 0 heterocycles. The number of hydrogen-bond acceptors (Lipinski definition) is 3. The molecule has 0 spiro atoms. The fourth-order valence-corrected chi connectivity index (χ4v) is 5.88. The second-order valence-corrected chi connectivity index (χ2v) is 13.3. The molecule has 0 saturated heterocycles. The van der Waals surface area contributed by atoms with E-state index in [-0.39, 0.29) is 12.5 Å². The minimum absolute atomic E-state index is 0.0668. The maximum absolute atomic E-state index is 12.3. The van der Waals surface area contributed by atoms with E-state index in [1.807, 2.05) is 6.08 Å². The van der Waals surface area contributed by atoms with Gasteiger partial charge in [-0.2, -0.15) is 0 Å². The van der Waals surface area contributed by atoms with Crippen LogP contribution < -0.4 is 5.32 Å². The molecule has 0 aromatic carbocycles. The van der Waals surface area contributed by atoms with E-state index < -0.39 is 12.1 Å². The Bertz CT molecular complexity index is 632. The molecule has 1 amide bonds. The molecule has 2 atom stereocenters. The van der Waals surface area contributed by atoms with Gasteiger partial charge in [0.2, 0.25) is 5.91 Å². The Kier molecular flexibility index (Phi) is 35.4. The van der Waals surface area contributed by atoms with Gasteiger partial charge in [-0.15, -0.1) is 0 Å². The van der Waals surface area contributed by atoms with Gasteiger partial charge in [0, 0.05) is 6.42 Å². The highest BCUT2D eigenvalue weighted by molar-refractivity contribution is 5.76. The normalized spacial score (nSPS) is 13.3. The van der Waals surface area contributed by atoms with Crippen molar-refractivity contribution in [2.75, 3.05) is 6.61 Å². The molecule has 44 heavy (non-hydrogen) atoms. The lowest BCUT2D eigenvalue weighted by molar-refractivity contribution is -0.123. The van der Waals surface area contributed by atoms with Crippen LogP contribution in [0.4, 0.5) is 0 Å². The summed E-state index contributed by atoms with van der Waals surface area (Å²) in [6.45, 7) is 4.30. The smallest absolute Gasteiger partial charge is 0.220 e. The second kappa shape index (κ2) is 36.3. The number of amides is 1. The molecular formula is C40H77NO3. The first-order valence-electron chi connectivity index (χ1n) is 19.6. The number of hydrogen-bond donors (Lipinski definition) is 3. The molecular weight excluding hydrogens is 542 g/mol. The molecule has 0 bridgehead atoms. The number of aliphatic hydroxyl groups is 2. The summed E-state index contributed by atoms with van der Waals surface area (Å²) < 4.78 is 0. The maximum atomic E-state index is 12.3. The van der Waals surface area contributed by atoms with Gasteiger partial charge in [0.15, 0.2) is 0 Å². The van der Waals surface area contributed by atoms with Gasteiger partial charge in [0.25, 0.3) is 0 Å². The van der Waals surface area contributed by atoms with Crippen LogP contribution in [0.3, 0.4) is 0 Å². The van der Waals surface area contributed by atoms with Crippen molar-refractivity contribution < 1.29 is 15.0 Å². The van der Waals surface area contributed by atoms with Gasteiger partial charge in [0.1, 0.15) is 0 Å². The van der Waals surface area contributed by atoms with Crippen molar-refractivity contribution in [1.82, 2.24) is 5.32 Å². The zero-order chi connectivity index (χ0) is 32.2. The molecule has 0 aromatic heterocycles. The van der Waals surface area contributed by atoms with Crippen molar-refractivity contribution in [3.8, 4) is 0 Å². The standard InChI is InChI=1S/C40H77NO3/c1-3-5-7-9-11-13-15-17-18-19-20-21-22-24-26-28-30-32-34-36-40(44)41-38(37-42)39(43)35-33-31-29-27-25-23-16-14-12-10-8-6-4-2/h17-18,33,35,38-39,42-43H,3-16,19-32,34,36-37H2,1-2H3,(H,41,44)/t38-,39+/m0/s1. The predicted molar refractivity (Wildman–Crippen MR) is 193 cm³/mol. The first kappa shape index (κ1) is 42.9. The van der Waals surface area contributed by atoms with Crippen LogP contribution in [0.15, 0.2) is 24.3 Å². The molecule has 4 heteroatoms. The minimum atomic E-state index is -0.835. The van der Waals surface area contributed by atoms with Crippen LogP contribution in [-0.4, -0.2) is 34.9 Å². The Morgan fingerprint density at radius 2 is 0.864 bits per heavy atom. The van der Waals surface area contributed by atoms with Gasteiger partial charge >= 0.3 is 0 Å². The van der Waals surface area contributed by atoms with Crippen molar-refractivity contribution >= 4 is 5.91 Å². The van der Waals surface area contributed by atoms with Crippen molar-refractivity contribution in [2.24, 2.45) is 0 Å². The van der Waals surface area contributed by atoms with Crippen molar-refractivity contribution in [3.63, 3.8) is 0 Å². The molecule has 260 valence electrons. The van der Waals surface area contributed by atoms with Crippen LogP contribution in [-0.2, 0) is 4.79 Å². The average Bonchev–Trinajstić information content (AvgIpc) is 3.03. The molecule has 0 radical (unpaired) electrons. The minimum Gasteiger partial charge on any atom is -0.394 e. The number of nitrogens with one attached hydrogen (secondary N) is 1. The van der Waals surface area contributed by atoms with Crippen LogP contribution in [0.2, 0.25) is 0 Å². The summed E-state index contributed by atoms with van der Waals surface area (Å²) in [4.78, 5) is 12.3. The number of rotatable bonds is 35. The summed E-state index contributed by atoms with van der Waals surface area (Å²) in [6, 6.07) is -0.619. The third kappa shape index (κ3) is 32.3. The topological polar surface area (TPSA) is 69.6 Å². The Hall–Kier alpha value is -1.13. The lowest BCUT2D eigenvalue weighted by Gasteiger charge is -2.20. The van der Waals surface area contributed by atoms with E-state index in [0.717, 1.165) is 25.7 Å². The Labute approximate surface area is 275 Å². The predicted octanol–water partition coefficient (Wildman–Crippen LogP) is 11.7. The van der Waals surface area contributed by atoms with Crippen LogP contribution in [0, 0.1) is 0 Å². The molecule has 0 saturated carbocycles. The molecule has 4 nitrogen and oxygen atoms in total. The molecule has 0 aliphatic heterocycles. The summed E-state index contributed by atoms with van der Waals surface area (Å²) in [6.07, 6.45) is 45.5. The molecule has 0 aromatic rings. The third-order valence-electron chi connectivity index (χ3n) is 8.93. The molecule has 0 rings (SSSR count). The molecule has 0 aliphatic carbocycles. The Balaban J connectivity index is 3.58. The van der Waals surface area contributed by atoms with E-state index in [1.165, 1.54) is 161 Å². The van der Waals surface area contributed by atoms with E-state index >= 15 is 0 Å². The van der Waals surface area contributed by atoms with Gasteiger partial charge in [-0.1, -0.05) is 179 Å². The molecule has 0 aliphatic rings. The van der Waals surface area contributed by atoms with E-state index in [1.54, 1.807) is 6.08 Å². The summed E-state index contributed by atoms with van der Waals surface area (Å²) in [5, 5.41) is 22.9. The first-order valence-corrected chi connectivity index (χ1v) is 19.6. The van der Waals surface area contributed by atoms with Crippen molar-refractivity contribution in [3.05, 3.63) is 24.3 Å². The number of unbranched alkanes of at least 4 members (excludes halogenated alkanes) is 26. The Morgan fingerprint density at radius 3 is 1.25 bits per heavy atom. The largest absolute Gasteiger partial charge is 0.394 e. The van der Waals surface area contributed by atoms with Crippen LogP contribution >= 0.6 is 0 Å². The second-order valence-electron chi connectivity index (χ2n) is 13.3. The van der Waals surface area contributed by atoms with Crippen molar-refractivity contribution in [2.45, 2.75) is 219 Å². The fourth-order valence-electron chi connectivity index (χ4n) is 5.88. The molecule has 0 unspecified atom stereocenters. The monoisotopic (exact) mass is 620 g/mol. The Morgan fingerprint density at radius 1 is 0.523 bits per heavy atom. The zero-order valence-corrected chi connectivity index (χ0v) is 29.7. The van der Waals surface area contributed by atoms with Gasteiger partial charge in [-0.25, -0.2) is 0 Å². The zero-order valence-electron chi connectivity index (χ0n) is 29.7. The number of carbonyl (C=O) groups is 1. The van der Waals surface area contributed by atoms with E-state index in [4.69, 9.17) is 0 Å². The highest BCUT2D eigenvalue weighted by Gasteiger charge is 2.17. The summed E-state index contributed by atoms with van der Waals surface area (Å²) in [5.74, 6) is -0.0668. The summed E-state index contributed by atoms with van der Waals surface area (Å²) >= 11 is 0. The number of allylic oxidation sites excluding steroid dienone is 3. The lowest BCUT2D eigenvalue weighted by Crippen LogP contribution is -2.45. The van der Waals surface area contributed by atoms with Crippen LogP contribution in [0.25, 0.3) is 0 Å². The van der Waals surface area contributed by atoms with Crippen molar-refractivity contribution in [1.29, 1.82) is 0 Å². The van der Waals surface area contributed by atoms with E-state index in [0.29, 0.717) is 6.42 Å². The van der Waals surface area contributed by atoms with Gasteiger partial charge in [-0.3, -0.25) is 4.79 Å². The number of aliphatic hydroxyl groups excluding tert-OH is 2. The van der Waals surface area contributed by atoms with Crippen LogP contribution in [0.1, 0.15) is 206 Å².